The number of thiophene rings is 1. The molecule has 0 saturated carbocycles. The van der Waals surface area contributed by atoms with E-state index in [2.05, 4.69) is 5.32 Å². The van der Waals surface area contributed by atoms with Crippen LogP contribution >= 0.6 is 23.1 Å². The topological polar surface area (TPSA) is 84.3 Å². The average Bonchev–Trinajstić information content (AvgIpc) is 3.23. The smallest absolute Gasteiger partial charge is 0.267 e. The Morgan fingerprint density at radius 1 is 1.19 bits per heavy atom. The number of aromatic nitrogens is 2. The molecule has 37 heavy (non-hydrogen) atoms. The highest BCUT2D eigenvalue weighted by atomic mass is 32.2. The second-order valence-electron chi connectivity index (χ2n) is 8.66. The zero-order valence-electron chi connectivity index (χ0n) is 20.0. The average molecular weight is 541 g/mol. The third-order valence-corrected chi connectivity index (χ3v) is 8.23. The normalized spacial score (nSPS) is 13.0. The zero-order chi connectivity index (χ0) is 26.3. The SMILES string of the molecule is CC(=O)N1CCc2c(sc3nc(SCC(=O)Nc4ccc(F)cc4F)n(-c4ccccc4C)c(=O)c23)C1. The van der Waals surface area contributed by atoms with Gasteiger partial charge < -0.3 is 10.2 Å². The maximum absolute atomic E-state index is 14.0. The molecule has 0 aliphatic carbocycles. The van der Waals surface area contributed by atoms with Gasteiger partial charge >= 0.3 is 0 Å². The van der Waals surface area contributed by atoms with E-state index in [1.54, 1.807) is 4.90 Å². The molecule has 3 heterocycles. The first-order chi connectivity index (χ1) is 17.7. The van der Waals surface area contributed by atoms with Crippen molar-refractivity contribution in [3.63, 3.8) is 0 Å². The minimum Gasteiger partial charge on any atom is -0.337 e. The number of fused-ring (bicyclic) bond motifs is 3. The number of carbonyl (C=O) groups is 2. The molecule has 0 bridgehead atoms. The van der Waals surface area contributed by atoms with Crippen LogP contribution in [0.25, 0.3) is 15.9 Å². The molecule has 11 heteroatoms. The van der Waals surface area contributed by atoms with Crippen LogP contribution in [-0.2, 0) is 22.6 Å². The third kappa shape index (κ3) is 4.88. The van der Waals surface area contributed by atoms with E-state index < -0.39 is 17.5 Å². The molecule has 4 aromatic rings. The summed E-state index contributed by atoms with van der Waals surface area (Å²) < 4.78 is 28.7. The minimum atomic E-state index is -0.876. The second kappa shape index (κ2) is 10.1. The van der Waals surface area contributed by atoms with Gasteiger partial charge in [0.15, 0.2) is 5.16 Å². The number of para-hydroxylation sites is 1. The Labute approximate surface area is 219 Å². The van der Waals surface area contributed by atoms with Crippen molar-refractivity contribution in [3.05, 3.63) is 80.5 Å². The number of benzene rings is 2. The second-order valence-corrected chi connectivity index (χ2v) is 10.7. The van der Waals surface area contributed by atoms with Crippen molar-refractivity contribution in [2.75, 3.05) is 17.6 Å². The fourth-order valence-electron chi connectivity index (χ4n) is 4.32. The summed E-state index contributed by atoms with van der Waals surface area (Å²) in [6.07, 6.45) is 0.567. The molecule has 1 aliphatic rings. The van der Waals surface area contributed by atoms with Crippen molar-refractivity contribution >= 4 is 50.8 Å². The van der Waals surface area contributed by atoms with Crippen LogP contribution < -0.4 is 10.9 Å². The Bertz CT molecular complexity index is 1620. The summed E-state index contributed by atoms with van der Waals surface area (Å²) in [6, 6.07) is 10.3. The number of thioether (sulfide) groups is 1. The molecule has 0 fully saturated rings. The summed E-state index contributed by atoms with van der Waals surface area (Å²) in [5, 5.41) is 3.29. The summed E-state index contributed by atoms with van der Waals surface area (Å²) in [4.78, 5) is 46.4. The molecule has 0 atom stereocenters. The number of halogens is 2. The predicted molar refractivity (Wildman–Crippen MR) is 140 cm³/mol. The quantitative estimate of drug-likeness (QED) is 0.294. The van der Waals surface area contributed by atoms with Gasteiger partial charge in [0, 0.05) is 24.4 Å². The van der Waals surface area contributed by atoms with Gasteiger partial charge in [-0.3, -0.25) is 19.0 Å². The fraction of sp³-hybridized carbons (Fsp3) is 0.231. The number of hydrogen-bond donors (Lipinski definition) is 1. The van der Waals surface area contributed by atoms with Crippen LogP contribution in [-0.4, -0.2) is 38.6 Å². The molecule has 0 spiro atoms. The highest BCUT2D eigenvalue weighted by molar-refractivity contribution is 7.99. The lowest BCUT2D eigenvalue weighted by atomic mass is 10.1. The van der Waals surface area contributed by atoms with Gasteiger partial charge in [0.05, 0.1) is 29.1 Å². The maximum Gasteiger partial charge on any atom is 0.267 e. The van der Waals surface area contributed by atoms with Gasteiger partial charge in [-0.2, -0.15) is 0 Å². The van der Waals surface area contributed by atoms with Crippen molar-refractivity contribution in [2.24, 2.45) is 0 Å². The lowest BCUT2D eigenvalue weighted by Crippen LogP contribution is -2.34. The zero-order valence-corrected chi connectivity index (χ0v) is 21.6. The van der Waals surface area contributed by atoms with Crippen LogP contribution in [0.15, 0.2) is 52.4 Å². The Kier molecular flexibility index (Phi) is 6.82. The molecule has 2 aromatic carbocycles. The molecule has 2 aromatic heterocycles. The first kappa shape index (κ1) is 25.1. The van der Waals surface area contributed by atoms with Crippen LogP contribution in [0.2, 0.25) is 0 Å². The van der Waals surface area contributed by atoms with Gasteiger partial charge in [0.1, 0.15) is 16.5 Å². The van der Waals surface area contributed by atoms with Crippen LogP contribution in [0.4, 0.5) is 14.5 Å². The van der Waals surface area contributed by atoms with Crippen molar-refractivity contribution in [1.82, 2.24) is 14.5 Å². The Balaban J connectivity index is 1.53. The van der Waals surface area contributed by atoms with E-state index in [1.807, 2.05) is 31.2 Å². The van der Waals surface area contributed by atoms with Crippen LogP contribution in [0, 0.1) is 18.6 Å². The first-order valence-corrected chi connectivity index (χ1v) is 13.3. The Morgan fingerprint density at radius 3 is 2.70 bits per heavy atom. The molecular formula is C26H22F2N4O3S2. The summed E-state index contributed by atoms with van der Waals surface area (Å²) in [7, 11) is 0. The van der Waals surface area contributed by atoms with E-state index in [9.17, 15) is 23.2 Å². The van der Waals surface area contributed by atoms with Crippen LogP contribution in [0.3, 0.4) is 0 Å². The summed E-state index contributed by atoms with van der Waals surface area (Å²) >= 11 is 2.43. The number of hydrogen-bond acceptors (Lipinski definition) is 6. The van der Waals surface area contributed by atoms with E-state index >= 15 is 0 Å². The highest BCUT2D eigenvalue weighted by Crippen LogP contribution is 2.34. The van der Waals surface area contributed by atoms with Gasteiger partial charge in [-0.15, -0.1) is 11.3 Å². The van der Waals surface area contributed by atoms with E-state index in [0.717, 1.165) is 39.9 Å². The number of nitrogens with one attached hydrogen (secondary N) is 1. The standard InChI is InChI=1S/C26H22F2N4O3S2/c1-14-5-3-4-6-20(14)32-25(35)23-17-9-10-31(15(2)33)12-21(17)37-24(23)30-26(32)36-13-22(34)29-19-8-7-16(27)11-18(19)28/h3-8,11H,9-10,12-13H2,1-2H3,(H,29,34). The highest BCUT2D eigenvalue weighted by Gasteiger charge is 2.27. The number of amides is 2. The van der Waals surface area contributed by atoms with Crippen molar-refractivity contribution < 1.29 is 18.4 Å². The van der Waals surface area contributed by atoms with E-state index in [0.29, 0.717) is 46.6 Å². The van der Waals surface area contributed by atoms with Gasteiger partial charge in [0.25, 0.3) is 5.56 Å². The maximum atomic E-state index is 14.0. The molecule has 7 nitrogen and oxygen atoms in total. The number of rotatable bonds is 5. The number of anilines is 1. The van der Waals surface area contributed by atoms with Gasteiger partial charge in [-0.25, -0.2) is 13.8 Å². The molecule has 190 valence electrons. The molecule has 1 N–H and O–H groups in total. The lowest BCUT2D eigenvalue weighted by molar-refractivity contribution is -0.129. The molecule has 0 saturated heterocycles. The largest absolute Gasteiger partial charge is 0.337 e. The van der Waals surface area contributed by atoms with Crippen molar-refractivity contribution in [2.45, 2.75) is 32.0 Å². The third-order valence-electron chi connectivity index (χ3n) is 6.18. The van der Waals surface area contributed by atoms with E-state index in [-0.39, 0.29) is 22.9 Å². The van der Waals surface area contributed by atoms with Crippen LogP contribution in [0.5, 0.6) is 0 Å². The Morgan fingerprint density at radius 2 is 1.97 bits per heavy atom. The number of nitrogens with zero attached hydrogens (tertiary/aromatic N) is 3. The van der Waals surface area contributed by atoms with E-state index in [4.69, 9.17) is 4.98 Å². The molecule has 0 radical (unpaired) electrons. The van der Waals surface area contributed by atoms with E-state index in [1.165, 1.54) is 22.8 Å². The monoisotopic (exact) mass is 540 g/mol. The summed E-state index contributed by atoms with van der Waals surface area (Å²) in [5.74, 6) is -2.31. The van der Waals surface area contributed by atoms with Crippen molar-refractivity contribution in [3.8, 4) is 5.69 Å². The molecule has 2 amide bonds. The number of carbonyl (C=O) groups excluding carboxylic acids is 2. The van der Waals surface area contributed by atoms with Gasteiger partial charge in [0.2, 0.25) is 11.8 Å². The fourth-order valence-corrected chi connectivity index (χ4v) is 6.41. The van der Waals surface area contributed by atoms with Crippen molar-refractivity contribution in [1.29, 1.82) is 0 Å². The van der Waals surface area contributed by atoms with Crippen LogP contribution in [0.1, 0.15) is 22.9 Å². The molecule has 0 unspecified atom stereocenters. The first-order valence-electron chi connectivity index (χ1n) is 11.5. The number of aryl methyl sites for hydroxylation is 1. The summed E-state index contributed by atoms with van der Waals surface area (Å²) in [5.41, 5.74) is 2.06. The molecule has 5 rings (SSSR count). The molecular weight excluding hydrogens is 518 g/mol. The Hall–Kier alpha value is -3.57. The summed E-state index contributed by atoms with van der Waals surface area (Å²) in [6.45, 7) is 4.38. The lowest BCUT2D eigenvalue weighted by Gasteiger charge is -2.25. The van der Waals surface area contributed by atoms with Gasteiger partial charge in [-0.1, -0.05) is 30.0 Å². The minimum absolute atomic E-state index is 0.0202. The molecule has 1 aliphatic heterocycles. The van der Waals surface area contributed by atoms with Gasteiger partial charge in [-0.05, 0) is 42.7 Å². The predicted octanol–water partition coefficient (Wildman–Crippen LogP) is 4.67.